The van der Waals surface area contributed by atoms with Gasteiger partial charge in [-0.3, -0.25) is 4.79 Å². The third-order valence-corrected chi connectivity index (χ3v) is 3.21. The van der Waals surface area contributed by atoms with Crippen LogP contribution < -0.4 is 10.2 Å². The Morgan fingerprint density at radius 3 is 2.59 bits per heavy atom. The Morgan fingerprint density at radius 2 is 1.95 bits per heavy atom. The van der Waals surface area contributed by atoms with Crippen molar-refractivity contribution in [3.63, 3.8) is 0 Å². The van der Waals surface area contributed by atoms with Crippen LogP contribution in [0.4, 0.5) is 0 Å². The first-order chi connectivity index (χ1) is 10.5. The first-order valence-corrected chi connectivity index (χ1v) is 7.69. The number of carbonyl (C=O) groups is 1. The van der Waals surface area contributed by atoms with Gasteiger partial charge >= 0.3 is 0 Å². The van der Waals surface area contributed by atoms with E-state index < -0.39 is 0 Å². The Hall–Kier alpha value is -2.14. The molecule has 0 aliphatic heterocycles. The molecule has 0 radical (unpaired) electrons. The molecule has 0 heterocycles. The highest BCUT2D eigenvalue weighted by Gasteiger charge is 2.03. The number of hydrogen-bond donors (Lipinski definition) is 1. The maximum Gasteiger partial charge on any atom is 0.271 e. The van der Waals surface area contributed by atoms with Crippen LogP contribution in [0.5, 0.6) is 5.75 Å². The lowest BCUT2D eigenvalue weighted by Gasteiger charge is -2.09. The monoisotopic (exact) mass is 360 g/mol. The number of rotatable bonds is 5. The predicted octanol–water partition coefficient (Wildman–Crippen LogP) is 4.00. The molecule has 2 rings (SSSR count). The summed E-state index contributed by atoms with van der Waals surface area (Å²) in [5.41, 5.74) is 3.93. The van der Waals surface area contributed by atoms with E-state index in [1.54, 1.807) is 24.4 Å². The number of hydrazone groups is 1. The van der Waals surface area contributed by atoms with E-state index in [1.807, 2.05) is 44.2 Å². The van der Waals surface area contributed by atoms with Crippen molar-refractivity contribution in [2.45, 2.75) is 20.0 Å². The second kappa shape index (κ2) is 7.75. The van der Waals surface area contributed by atoms with Gasteiger partial charge in [0.05, 0.1) is 12.3 Å². The Bertz CT molecular complexity index is 667. The molecular formula is C17H17BrN2O2. The summed E-state index contributed by atoms with van der Waals surface area (Å²) in [6.45, 7) is 3.96. The van der Waals surface area contributed by atoms with Gasteiger partial charge in [0.25, 0.3) is 5.91 Å². The third kappa shape index (κ3) is 5.00. The molecule has 0 atom stereocenters. The summed E-state index contributed by atoms with van der Waals surface area (Å²) in [7, 11) is 0. The molecule has 0 aliphatic rings. The summed E-state index contributed by atoms with van der Waals surface area (Å²) >= 11 is 3.33. The second-order valence-electron chi connectivity index (χ2n) is 4.95. The lowest BCUT2D eigenvalue weighted by atomic mass is 10.2. The Labute approximate surface area is 138 Å². The third-order valence-electron chi connectivity index (χ3n) is 2.72. The van der Waals surface area contributed by atoms with Crippen LogP contribution in [-0.2, 0) is 0 Å². The minimum Gasteiger partial charge on any atom is -0.491 e. The van der Waals surface area contributed by atoms with E-state index in [0.29, 0.717) is 5.56 Å². The molecule has 0 spiro atoms. The van der Waals surface area contributed by atoms with Crippen LogP contribution in [0.1, 0.15) is 29.8 Å². The molecule has 0 saturated carbocycles. The quantitative estimate of drug-likeness (QED) is 0.647. The number of amides is 1. The zero-order valence-electron chi connectivity index (χ0n) is 12.4. The van der Waals surface area contributed by atoms with Crippen LogP contribution >= 0.6 is 15.9 Å². The molecule has 114 valence electrons. The molecule has 1 amide bonds. The average molecular weight is 361 g/mol. The van der Waals surface area contributed by atoms with Gasteiger partial charge in [-0.05, 0) is 61.9 Å². The topological polar surface area (TPSA) is 50.7 Å². The van der Waals surface area contributed by atoms with Gasteiger partial charge in [-0.15, -0.1) is 0 Å². The molecule has 2 aromatic rings. The summed E-state index contributed by atoms with van der Waals surface area (Å²) in [4.78, 5) is 11.9. The normalized spacial score (nSPS) is 10.9. The van der Waals surface area contributed by atoms with Gasteiger partial charge in [0.2, 0.25) is 0 Å². The standard InChI is InChI=1S/C17H17BrN2O2/c1-12(2)22-16-8-6-13(7-9-16)11-19-20-17(21)14-4-3-5-15(18)10-14/h3-12H,1-2H3,(H,20,21)/b19-11+. The maximum atomic E-state index is 11.9. The Balaban J connectivity index is 1.93. The highest BCUT2D eigenvalue weighted by molar-refractivity contribution is 9.10. The Kier molecular flexibility index (Phi) is 5.72. The van der Waals surface area contributed by atoms with Crippen molar-refractivity contribution >= 4 is 28.1 Å². The van der Waals surface area contributed by atoms with E-state index in [-0.39, 0.29) is 12.0 Å². The molecule has 0 saturated heterocycles. The van der Waals surface area contributed by atoms with E-state index >= 15 is 0 Å². The van der Waals surface area contributed by atoms with Gasteiger partial charge in [-0.25, -0.2) is 5.43 Å². The minimum absolute atomic E-state index is 0.143. The summed E-state index contributed by atoms with van der Waals surface area (Å²) < 4.78 is 6.41. The van der Waals surface area contributed by atoms with Gasteiger partial charge in [-0.2, -0.15) is 5.10 Å². The number of nitrogens with one attached hydrogen (secondary N) is 1. The molecule has 0 unspecified atom stereocenters. The highest BCUT2D eigenvalue weighted by atomic mass is 79.9. The van der Waals surface area contributed by atoms with Crippen LogP contribution in [-0.4, -0.2) is 18.2 Å². The molecule has 22 heavy (non-hydrogen) atoms. The van der Waals surface area contributed by atoms with E-state index in [1.165, 1.54) is 0 Å². The number of nitrogens with zero attached hydrogens (tertiary/aromatic N) is 1. The molecule has 0 aromatic heterocycles. The minimum atomic E-state index is -0.252. The molecule has 0 fully saturated rings. The maximum absolute atomic E-state index is 11.9. The van der Waals surface area contributed by atoms with Crippen LogP contribution in [0.15, 0.2) is 58.1 Å². The summed E-state index contributed by atoms with van der Waals surface area (Å²) in [6.07, 6.45) is 1.73. The lowest BCUT2D eigenvalue weighted by Crippen LogP contribution is -2.17. The van der Waals surface area contributed by atoms with E-state index in [0.717, 1.165) is 15.8 Å². The second-order valence-corrected chi connectivity index (χ2v) is 5.86. The van der Waals surface area contributed by atoms with Gasteiger partial charge in [0.15, 0.2) is 0 Å². The van der Waals surface area contributed by atoms with Crippen molar-refractivity contribution in [1.29, 1.82) is 0 Å². The molecule has 4 nitrogen and oxygen atoms in total. The smallest absolute Gasteiger partial charge is 0.271 e. The van der Waals surface area contributed by atoms with Gasteiger partial charge < -0.3 is 4.74 Å². The summed E-state index contributed by atoms with van der Waals surface area (Å²) in [5.74, 6) is 0.558. The van der Waals surface area contributed by atoms with Crippen LogP contribution in [0.2, 0.25) is 0 Å². The van der Waals surface area contributed by atoms with Gasteiger partial charge in [0.1, 0.15) is 5.75 Å². The van der Waals surface area contributed by atoms with E-state index in [9.17, 15) is 4.79 Å². The van der Waals surface area contributed by atoms with E-state index in [4.69, 9.17) is 4.74 Å². The van der Waals surface area contributed by atoms with Crippen LogP contribution in [0, 0.1) is 0 Å². The average Bonchev–Trinajstić information content (AvgIpc) is 2.48. The zero-order valence-corrected chi connectivity index (χ0v) is 14.0. The largest absolute Gasteiger partial charge is 0.491 e. The van der Waals surface area contributed by atoms with Crippen molar-refractivity contribution in [3.8, 4) is 5.75 Å². The van der Waals surface area contributed by atoms with Crippen LogP contribution in [0.25, 0.3) is 0 Å². The molecule has 2 aromatic carbocycles. The summed E-state index contributed by atoms with van der Waals surface area (Å²) in [6, 6.07) is 14.6. The SMILES string of the molecule is CC(C)Oc1ccc(/C=N/NC(=O)c2cccc(Br)c2)cc1. The fraction of sp³-hybridized carbons (Fsp3) is 0.176. The number of carbonyl (C=O) groups excluding carboxylic acids is 1. The van der Waals surface area contributed by atoms with Gasteiger partial charge in [-0.1, -0.05) is 22.0 Å². The number of halogens is 1. The zero-order chi connectivity index (χ0) is 15.9. The van der Waals surface area contributed by atoms with Crippen LogP contribution in [0.3, 0.4) is 0 Å². The number of ether oxygens (including phenoxy) is 1. The van der Waals surface area contributed by atoms with Crippen molar-refractivity contribution in [2.24, 2.45) is 5.10 Å². The number of benzene rings is 2. The number of hydrogen-bond acceptors (Lipinski definition) is 3. The van der Waals surface area contributed by atoms with Gasteiger partial charge in [0, 0.05) is 10.0 Å². The van der Waals surface area contributed by atoms with Crippen molar-refractivity contribution in [3.05, 3.63) is 64.1 Å². The molecule has 0 bridgehead atoms. The van der Waals surface area contributed by atoms with Crippen molar-refractivity contribution in [1.82, 2.24) is 5.43 Å². The molecule has 5 heteroatoms. The van der Waals surface area contributed by atoms with Crippen molar-refractivity contribution in [2.75, 3.05) is 0 Å². The molecule has 1 N–H and O–H groups in total. The predicted molar refractivity (Wildman–Crippen MR) is 91.4 cm³/mol. The Morgan fingerprint density at radius 1 is 1.23 bits per heavy atom. The fourth-order valence-corrected chi connectivity index (χ4v) is 2.16. The highest BCUT2D eigenvalue weighted by Crippen LogP contribution is 2.13. The first-order valence-electron chi connectivity index (χ1n) is 6.90. The fourth-order valence-electron chi connectivity index (χ4n) is 1.76. The lowest BCUT2D eigenvalue weighted by molar-refractivity contribution is 0.0955. The molecular weight excluding hydrogens is 344 g/mol. The van der Waals surface area contributed by atoms with Crippen molar-refractivity contribution < 1.29 is 9.53 Å². The van der Waals surface area contributed by atoms with E-state index in [2.05, 4.69) is 26.5 Å². The summed E-state index contributed by atoms with van der Waals surface area (Å²) in [5, 5.41) is 3.96. The first kappa shape index (κ1) is 16.2. The molecule has 0 aliphatic carbocycles.